The zero-order chi connectivity index (χ0) is 22.3. The van der Waals surface area contributed by atoms with Gasteiger partial charge in [-0.1, -0.05) is 6.07 Å². The smallest absolute Gasteiger partial charge is 0.411 e. The number of amides is 1. The predicted octanol–water partition coefficient (Wildman–Crippen LogP) is 3.68. The van der Waals surface area contributed by atoms with Crippen LogP contribution in [0.3, 0.4) is 0 Å². The van der Waals surface area contributed by atoms with Gasteiger partial charge in [-0.05, 0) is 63.6 Å². The normalized spacial score (nSPS) is 27.7. The van der Waals surface area contributed by atoms with Crippen molar-refractivity contribution in [2.75, 3.05) is 21.0 Å². The number of likely N-dealkylation sites (tertiary alicyclic amines) is 1. The Hall–Kier alpha value is -2.48. The molecule has 170 valence electrons. The van der Waals surface area contributed by atoms with E-state index < -0.39 is 23.7 Å². The van der Waals surface area contributed by atoms with Crippen LogP contribution < -0.4 is 9.47 Å². The zero-order valence-electron chi connectivity index (χ0n) is 18.8. The van der Waals surface area contributed by atoms with Crippen LogP contribution in [0.2, 0.25) is 0 Å². The molecular formula is C23H31NO7. The summed E-state index contributed by atoms with van der Waals surface area (Å²) >= 11 is 0. The van der Waals surface area contributed by atoms with Crippen LogP contribution in [0.4, 0.5) is 4.79 Å². The summed E-state index contributed by atoms with van der Waals surface area (Å²) < 4.78 is 27.6. The lowest BCUT2D eigenvalue weighted by Crippen LogP contribution is -2.50. The molecular weight excluding hydrogens is 402 g/mol. The van der Waals surface area contributed by atoms with Gasteiger partial charge in [-0.3, -0.25) is 4.90 Å². The molecule has 0 bridgehead atoms. The molecule has 1 saturated heterocycles. The van der Waals surface area contributed by atoms with Crippen LogP contribution in [0, 0.1) is 11.8 Å². The lowest BCUT2D eigenvalue weighted by molar-refractivity contribution is -0.146. The highest BCUT2D eigenvalue weighted by Crippen LogP contribution is 2.51. The van der Waals surface area contributed by atoms with E-state index in [1.54, 1.807) is 12.0 Å². The predicted molar refractivity (Wildman–Crippen MR) is 111 cm³/mol. The Morgan fingerprint density at radius 2 is 1.87 bits per heavy atom. The van der Waals surface area contributed by atoms with Crippen LogP contribution in [-0.4, -0.2) is 55.7 Å². The van der Waals surface area contributed by atoms with Gasteiger partial charge in [-0.15, -0.1) is 0 Å². The molecule has 3 aliphatic rings. The molecule has 8 nitrogen and oxygen atoms in total. The average Bonchev–Trinajstić information content (AvgIpc) is 3.41. The molecule has 1 saturated carbocycles. The van der Waals surface area contributed by atoms with E-state index >= 15 is 0 Å². The van der Waals surface area contributed by atoms with Crippen molar-refractivity contribution < 1.29 is 33.3 Å². The van der Waals surface area contributed by atoms with Crippen molar-refractivity contribution in [1.29, 1.82) is 0 Å². The summed E-state index contributed by atoms with van der Waals surface area (Å²) in [5.41, 5.74) is 0.296. The van der Waals surface area contributed by atoms with Gasteiger partial charge in [0.15, 0.2) is 11.5 Å². The van der Waals surface area contributed by atoms with Crippen molar-refractivity contribution in [3.63, 3.8) is 0 Å². The number of methoxy groups -OCH3 is 2. The first kappa shape index (κ1) is 21.7. The van der Waals surface area contributed by atoms with E-state index in [4.69, 9.17) is 23.7 Å². The molecule has 1 aromatic carbocycles. The highest BCUT2D eigenvalue weighted by molar-refractivity contribution is 5.82. The molecule has 0 spiro atoms. The Morgan fingerprint density at radius 3 is 2.55 bits per heavy atom. The Balaban J connectivity index is 1.65. The van der Waals surface area contributed by atoms with Crippen LogP contribution >= 0.6 is 0 Å². The molecule has 5 atom stereocenters. The summed E-state index contributed by atoms with van der Waals surface area (Å²) in [6.07, 6.45) is 1.63. The molecule has 2 fully saturated rings. The maximum atomic E-state index is 13.2. The van der Waals surface area contributed by atoms with E-state index in [9.17, 15) is 9.59 Å². The van der Waals surface area contributed by atoms with Crippen molar-refractivity contribution in [3.8, 4) is 11.5 Å². The van der Waals surface area contributed by atoms with Crippen LogP contribution in [0.25, 0.3) is 0 Å². The van der Waals surface area contributed by atoms with Gasteiger partial charge < -0.3 is 23.7 Å². The largest absolute Gasteiger partial charge is 0.467 e. The lowest BCUT2D eigenvalue weighted by Gasteiger charge is -2.36. The molecule has 4 rings (SSSR count). The van der Waals surface area contributed by atoms with Gasteiger partial charge in [-0.25, -0.2) is 9.59 Å². The average molecular weight is 434 g/mol. The minimum atomic E-state index is -0.665. The molecule has 0 aromatic heterocycles. The number of fused-ring (bicyclic) bond motifs is 2. The fraction of sp³-hybridized carbons (Fsp3) is 0.652. The standard InChI is InChI=1S/C23H31NO7/c1-23(2,3)31-22(26)24-16(21(25)28-5)10-13-6-8-15(19(13)24)20(27-4)14-7-9-17-18(11-14)30-12-29-17/h7,9,11,13,15-16,19-20H,6,8,10,12H2,1-5H3/t13-,15+,16-,19+,20+/m0/s1. The highest BCUT2D eigenvalue weighted by atomic mass is 16.7. The fourth-order valence-corrected chi connectivity index (χ4v) is 5.28. The summed E-state index contributed by atoms with van der Waals surface area (Å²) in [7, 11) is 3.03. The molecule has 1 aliphatic carbocycles. The third kappa shape index (κ3) is 4.05. The third-order valence-corrected chi connectivity index (χ3v) is 6.42. The molecule has 1 aromatic rings. The van der Waals surface area contributed by atoms with Crippen LogP contribution in [0.1, 0.15) is 51.7 Å². The summed E-state index contributed by atoms with van der Waals surface area (Å²) in [6.45, 7) is 5.67. The maximum Gasteiger partial charge on any atom is 0.411 e. The Labute approximate surface area is 182 Å². The van der Waals surface area contributed by atoms with Crippen molar-refractivity contribution in [2.45, 2.75) is 63.8 Å². The summed E-state index contributed by atoms with van der Waals surface area (Å²) in [5, 5.41) is 0. The van der Waals surface area contributed by atoms with Crippen LogP contribution in [0.15, 0.2) is 18.2 Å². The molecule has 2 heterocycles. The van der Waals surface area contributed by atoms with E-state index in [0.717, 1.165) is 18.4 Å². The molecule has 0 radical (unpaired) electrons. The Kier molecular flexibility index (Phi) is 5.77. The van der Waals surface area contributed by atoms with Crippen LogP contribution in [-0.2, 0) is 19.0 Å². The Morgan fingerprint density at radius 1 is 1.13 bits per heavy atom. The molecule has 0 unspecified atom stereocenters. The number of hydrogen-bond acceptors (Lipinski definition) is 7. The Bertz CT molecular complexity index is 849. The van der Waals surface area contributed by atoms with Gasteiger partial charge in [0.2, 0.25) is 6.79 Å². The third-order valence-electron chi connectivity index (χ3n) is 6.42. The molecule has 2 aliphatic heterocycles. The van der Waals surface area contributed by atoms with E-state index in [-0.39, 0.29) is 30.8 Å². The van der Waals surface area contributed by atoms with Crippen molar-refractivity contribution in [2.24, 2.45) is 11.8 Å². The van der Waals surface area contributed by atoms with E-state index in [1.807, 2.05) is 39.0 Å². The molecule has 31 heavy (non-hydrogen) atoms. The number of benzene rings is 1. The summed E-state index contributed by atoms with van der Waals surface area (Å²) in [4.78, 5) is 27.3. The minimum Gasteiger partial charge on any atom is -0.467 e. The second-order valence-corrected chi connectivity index (χ2v) is 9.42. The van der Waals surface area contributed by atoms with Gasteiger partial charge in [0.25, 0.3) is 0 Å². The maximum absolute atomic E-state index is 13.2. The van der Waals surface area contributed by atoms with Gasteiger partial charge in [0, 0.05) is 19.1 Å². The van der Waals surface area contributed by atoms with Crippen molar-refractivity contribution in [1.82, 2.24) is 4.90 Å². The van der Waals surface area contributed by atoms with Gasteiger partial charge in [-0.2, -0.15) is 0 Å². The SMILES string of the molecule is COC(=O)[C@@H]1C[C@@H]2CC[C@@H]([C@H](OC)c3ccc4c(c3)OCO4)[C@@H]2N1C(=O)OC(C)(C)C. The van der Waals surface area contributed by atoms with Gasteiger partial charge in [0.1, 0.15) is 11.6 Å². The van der Waals surface area contributed by atoms with E-state index in [2.05, 4.69) is 0 Å². The lowest BCUT2D eigenvalue weighted by atomic mass is 9.89. The second kappa shape index (κ2) is 8.22. The van der Waals surface area contributed by atoms with E-state index in [0.29, 0.717) is 17.9 Å². The number of rotatable bonds is 4. The van der Waals surface area contributed by atoms with Gasteiger partial charge >= 0.3 is 12.1 Å². The number of hydrogen-bond donors (Lipinski definition) is 0. The summed E-state index contributed by atoms with van der Waals surface area (Å²) in [6, 6.07) is 4.97. The van der Waals surface area contributed by atoms with Gasteiger partial charge in [0.05, 0.1) is 13.2 Å². The topological polar surface area (TPSA) is 83.5 Å². The monoisotopic (exact) mass is 433 g/mol. The first-order valence-corrected chi connectivity index (χ1v) is 10.7. The molecule has 1 amide bonds. The molecule has 8 heteroatoms. The minimum absolute atomic E-state index is 0.0116. The van der Waals surface area contributed by atoms with Crippen molar-refractivity contribution in [3.05, 3.63) is 23.8 Å². The fourth-order valence-electron chi connectivity index (χ4n) is 5.28. The summed E-state index contributed by atoms with van der Waals surface area (Å²) in [5.74, 6) is 1.20. The second-order valence-electron chi connectivity index (χ2n) is 9.42. The van der Waals surface area contributed by atoms with Crippen LogP contribution in [0.5, 0.6) is 11.5 Å². The number of carbonyl (C=O) groups is 2. The zero-order valence-corrected chi connectivity index (χ0v) is 18.8. The molecule has 0 N–H and O–H groups in total. The number of ether oxygens (including phenoxy) is 5. The first-order chi connectivity index (χ1) is 14.7. The van der Waals surface area contributed by atoms with E-state index in [1.165, 1.54) is 7.11 Å². The highest BCUT2D eigenvalue weighted by Gasteiger charge is 2.56. The number of carbonyl (C=O) groups excluding carboxylic acids is 2. The first-order valence-electron chi connectivity index (χ1n) is 10.7. The van der Waals surface area contributed by atoms with Crippen molar-refractivity contribution >= 4 is 12.1 Å². The number of esters is 1. The number of nitrogens with zero attached hydrogens (tertiary/aromatic N) is 1. The quantitative estimate of drug-likeness (QED) is 0.670.